The third-order valence-corrected chi connectivity index (χ3v) is 4.18. The molecule has 0 amide bonds. The van der Waals surface area contributed by atoms with Crippen molar-refractivity contribution in [2.45, 2.75) is 38.5 Å². The molecule has 26 heavy (non-hydrogen) atoms. The number of benzene rings is 1. The molecule has 2 atom stereocenters. The van der Waals surface area contributed by atoms with Crippen molar-refractivity contribution in [2.75, 3.05) is 13.1 Å². The Kier molecular flexibility index (Phi) is 7.76. The van der Waals surface area contributed by atoms with Crippen LogP contribution in [0.4, 0.5) is 4.39 Å². The highest BCUT2D eigenvalue weighted by atomic mass is 127. The zero-order valence-corrected chi connectivity index (χ0v) is 16.9. The molecule has 9 heteroatoms. The molecule has 2 heterocycles. The van der Waals surface area contributed by atoms with E-state index < -0.39 is 11.9 Å². The summed E-state index contributed by atoms with van der Waals surface area (Å²) in [5.41, 5.74) is 0.257. The summed E-state index contributed by atoms with van der Waals surface area (Å²) in [6.07, 6.45) is 2.38. The number of nitrogens with zero attached hydrogens (tertiary/aromatic N) is 4. The molecule has 0 aliphatic carbocycles. The number of aryl methyl sites for hydroxylation is 1. The lowest BCUT2D eigenvalue weighted by molar-refractivity contribution is 0.182. The molecular weight excluding hydrogens is 450 g/mol. The highest BCUT2D eigenvalue weighted by Gasteiger charge is 2.20. The Labute approximate surface area is 169 Å². The average molecular weight is 474 g/mol. The summed E-state index contributed by atoms with van der Waals surface area (Å²) in [5.74, 6) is 1.18. The van der Waals surface area contributed by atoms with Crippen LogP contribution in [0.5, 0.6) is 0 Å². The first-order valence-corrected chi connectivity index (χ1v) is 8.51. The van der Waals surface area contributed by atoms with Gasteiger partial charge in [0.25, 0.3) is 0 Å². The Morgan fingerprint density at radius 2 is 2.27 bits per heavy atom. The minimum atomic E-state index is -0.982. The van der Waals surface area contributed by atoms with Crippen molar-refractivity contribution >= 4 is 29.9 Å². The van der Waals surface area contributed by atoms with E-state index in [9.17, 15) is 9.50 Å². The first kappa shape index (κ1) is 20.6. The van der Waals surface area contributed by atoms with E-state index >= 15 is 0 Å². The number of aromatic nitrogens is 3. The van der Waals surface area contributed by atoms with Crippen LogP contribution in [0.15, 0.2) is 35.6 Å². The number of aliphatic hydroxyl groups excluding tert-OH is 1. The number of halogens is 2. The Hall–Kier alpha value is -1.75. The third kappa shape index (κ3) is 5.13. The highest BCUT2D eigenvalue weighted by Crippen LogP contribution is 2.17. The topological polar surface area (TPSA) is 87.4 Å². The Balaban J connectivity index is 0.00000243. The van der Waals surface area contributed by atoms with E-state index in [2.05, 4.69) is 25.7 Å². The van der Waals surface area contributed by atoms with E-state index in [0.717, 1.165) is 25.2 Å². The van der Waals surface area contributed by atoms with Crippen molar-refractivity contribution < 1.29 is 9.50 Å². The van der Waals surface area contributed by atoms with Crippen LogP contribution in [0.2, 0.25) is 0 Å². The van der Waals surface area contributed by atoms with Crippen molar-refractivity contribution in [1.29, 1.82) is 0 Å². The fraction of sp³-hybridized carbons (Fsp3) is 0.471. The van der Waals surface area contributed by atoms with E-state index in [1.165, 1.54) is 6.07 Å². The molecule has 0 spiro atoms. The van der Waals surface area contributed by atoms with Gasteiger partial charge < -0.3 is 15.7 Å². The largest absolute Gasteiger partial charge is 0.386 e. The van der Waals surface area contributed by atoms with Crippen molar-refractivity contribution in [3.05, 3.63) is 47.8 Å². The van der Waals surface area contributed by atoms with Gasteiger partial charge in [-0.15, -0.1) is 24.0 Å². The molecule has 2 aromatic rings. The molecule has 0 bridgehead atoms. The lowest BCUT2D eigenvalue weighted by atomic mass is 10.1. The van der Waals surface area contributed by atoms with Crippen molar-refractivity contribution in [1.82, 2.24) is 25.4 Å². The van der Waals surface area contributed by atoms with Gasteiger partial charge in [0.05, 0.1) is 13.1 Å². The lowest BCUT2D eigenvalue weighted by Crippen LogP contribution is -2.47. The maximum absolute atomic E-state index is 13.7. The summed E-state index contributed by atoms with van der Waals surface area (Å²) in [5, 5.41) is 20.9. The van der Waals surface area contributed by atoms with Crippen LogP contribution in [-0.2, 0) is 13.0 Å². The van der Waals surface area contributed by atoms with Crippen molar-refractivity contribution in [3.63, 3.8) is 0 Å². The molecule has 7 nitrogen and oxygen atoms in total. The first-order chi connectivity index (χ1) is 12.2. The number of nitrogens with one attached hydrogen (secondary N) is 2. The van der Waals surface area contributed by atoms with Crippen LogP contribution >= 0.6 is 24.0 Å². The standard InChI is InChI=1S/C17H23FN6O.HI/c1-2-19-17(20-9-15(25)13-5-3-4-6-14(13)18)23-12-7-8-16-21-11-22-24(16)10-12;/h3-6,11-12,15,25H,2,7-10H2,1H3,(H2,19,20,23);1H. The van der Waals surface area contributed by atoms with Crippen LogP contribution in [0.1, 0.15) is 30.8 Å². The monoisotopic (exact) mass is 474 g/mol. The Morgan fingerprint density at radius 3 is 3.04 bits per heavy atom. The first-order valence-electron chi connectivity index (χ1n) is 8.51. The third-order valence-electron chi connectivity index (χ3n) is 4.18. The van der Waals surface area contributed by atoms with E-state index in [0.29, 0.717) is 12.5 Å². The predicted molar refractivity (Wildman–Crippen MR) is 108 cm³/mol. The molecule has 3 rings (SSSR count). The van der Waals surface area contributed by atoms with Gasteiger partial charge in [-0.25, -0.2) is 14.1 Å². The number of hydrogen-bond donors (Lipinski definition) is 3. The molecule has 1 aliphatic rings. The molecular formula is C17H24FIN6O. The van der Waals surface area contributed by atoms with Gasteiger partial charge in [0, 0.05) is 24.6 Å². The summed E-state index contributed by atoms with van der Waals surface area (Å²) >= 11 is 0. The van der Waals surface area contributed by atoms with Crippen LogP contribution in [0.3, 0.4) is 0 Å². The summed E-state index contributed by atoms with van der Waals surface area (Å²) in [7, 11) is 0. The predicted octanol–water partition coefficient (Wildman–Crippen LogP) is 1.64. The van der Waals surface area contributed by atoms with Crippen molar-refractivity contribution in [3.8, 4) is 0 Å². The molecule has 1 aromatic carbocycles. The van der Waals surface area contributed by atoms with Gasteiger partial charge in [-0.3, -0.25) is 4.99 Å². The molecule has 3 N–H and O–H groups in total. The van der Waals surface area contributed by atoms with Gasteiger partial charge in [-0.1, -0.05) is 18.2 Å². The van der Waals surface area contributed by atoms with Crippen LogP contribution in [-0.4, -0.2) is 45.0 Å². The maximum atomic E-state index is 13.7. The number of fused-ring (bicyclic) bond motifs is 1. The zero-order chi connectivity index (χ0) is 17.6. The number of hydrogen-bond acceptors (Lipinski definition) is 4. The second kappa shape index (κ2) is 9.81. The number of rotatable bonds is 5. The molecule has 0 radical (unpaired) electrons. The quantitative estimate of drug-likeness (QED) is 0.349. The molecule has 0 saturated carbocycles. The summed E-state index contributed by atoms with van der Waals surface area (Å²) < 4.78 is 15.6. The van der Waals surface area contributed by atoms with E-state index in [1.807, 2.05) is 11.6 Å². The second-order valence-electron chi connectivity index (χ2n) is 6.00. The van der Waals surface area contributed by atoms with E-state index in [-0.39, 0.29) is 42.1 Å². The van der Waals surface area contributed by atoms with Gasteiger partial charge in [-0.05, 0) is 19.4 Å². The second-order valence-corrected chi connectivity index (χ2v) is 6.00. The van der Waals surface area contributed by atoms with Gasteiger partial charge >= 0.3 is 0 Å². The molecule has 2 unspecified atom stereocenters. The smallest absolute Gasteiger partial charge is 0.191 e. The Bertz CT molecular complexity index is 738. The van der Waals surface area contributed by atoms with Gasteiger partial charge in [0.2, 0.25) is 0 Å². The Morgan fingerprint density at radius 1 is 1.46 bits per heavy atom. The number of aliphatic imine (C=N–C) groups is 1. The summed E-state index contributed by atoms with van der Waals surface area (Å²) in [4.78, 5) is 8.62. The number of guanidine groups is 1. The fourth-order valence-corrected chi connectivity index (χ4v) is 2.89. The van der Waals surface area contributed by atoms with E-state index in [4.69, 9.17) is 0 Å². The normalized spacial score (nSPS) is 17.8. The van der Waals surface area contributed by atoms with Crippen LogP contribution < -0.4 is 10.6 Å². The zero-order valence-electron chi connectivity index (χ0n) is 14.6. The van der Waals surface area contributed by atoms with Crippen molar-refractivity contribution in [2.24, 2.45) is 4.99 Å². The highest BCUT2D eigenvalue weighted by molar-refractivity contribution is 14.0. The average Bonchev–Trinajstić information content (AvgIpc) is 3.08. The van der Waals surface area contributed by atoms with Gasteiger partial charge in [0.15, 0.2) is 5.96 Å². The lowest BCUT2D eigenvalue weighted by Gasteiger charge is -2.25. The minimum Gasteiger partial charge on any atom is -0.386 e. The summed E-state index contributed by atoms with van der Waals surface area (Å²) in [6, 6.07) is 6.39. The maximum Gasteiger partial charge on any atom is 0.191 e. The summed E-state index contributed by atoms with van der Waals surface area (Å²) in [6.45, 7) is 3.47. The fourth-order valence-electron chi connectivity index (χ4n) is 2.89. The molecule has 0 saturated heterocycles. The SMILES string of the molecule is CCNC(=NCC(O)c1ccccc1F)NC1CCc2ncnn2C1.I. The minimum absolute atomic E-state index is 0. The van der Waals surface area contributed by atoms with Crippen LogP contribution in [0.25, 0.3) is 0 Å². The van der Waals surface area contributed by atoms with Crippen LogP contribution in [0, 0.1) is 5.82 Å². The molecule has 1 aromatic heterocycles. The van der Waals surface area contributed by atoms with Gasteiger partial charge in [0.1, 0.15) is 24.1 Å². The molecule has 1 aliphatic heterocycles. The molecule has 0 fully saturated rings. The molecule has 142 valence electrons. The van der Waals surface area contributed by atoms with E-state index in [1.54, 1.807) is 24.5 Å². The van der Waals surface area contributed by atoms with Gasteiger partial charge in [-0.2, -0.15) is 5.10 Å². The number of aliphatic hydroxyl groups is 1.